The maximum atomic E-state index is 14.2. The number of phosphoric ester groups is 1. The topological polar surface area (TPSA) is 65.0 Å². The van der Waals surface area contributed by atoms with Gasteiger partial charge in [0.15, 0.2) is 0 Å². The van der Waals surface area contributed by atoms with Crippen LogP contribution in [0.2, 0.25) is 0 Å². The van der Waals surface area contributed by atoms with Crippen LogP contribution in [0.1, 0.15) is 25.0 Å². The van der Waals surface area contributed by atoms with Crippen molar-refractivity contribution >= 4 is 23.8 Å². The van der Waals surface area contributed by atoms with Gasteiger partial charge in [-0.15, -0.1) is 0 Å². The van der Waals surface area contributed by atoms with Crippen molar-refractivity contribution in [1.29, 1.82) is 0 Å². The molecule has 0 atom stereocenters. The van der Waals surface area contributed by atoms with Crippen LogP contribution in [0.25, 0.3) is 0 Å². The standard InChI is InChI=1S/C12H15BrF3O5P/c1-3-19-22(18,20-4-2)21-12(15,16)9-6-11(14)8(7-17)5-10(9)13/h5-6,17H,3-4,7H2,1-2H3. The largest absolute Gasteiger partial charge is 0.479 e. The van der Waals surface area contributed by atoms with Gasteiger partial charge in [0.2, 0.25) is 0 Å². The van der Waals surface area contributed by atoms with Gasteiger partial charge in [0.1, 0.15) is 5.82 Å². The molecule has 1 aromatic rings. The predicted molar refractivity (Wildman–Crippen MR) is 75.9 cm³/mol. The Balaban J connectivity index is 3.18. The smallest absolute Gasteiger partial charge is 0.392 e. The van der Waals surface area contributed by atoms with Gasteiger partial charge in [0.25, 0.3) is 0 Å². The molecule has 0 fully saturated rings. The highest BCUT2D eigenvalue weighted by Gasteiger charge is 2.45. The van der Waals surface area contributed by atoms with E-state index in [4.69, 9.17) is 5.11 Å². The number of phosphoric acid groups is 1. The lowest BCUT2D eigenvalue weighted by Gasteiger charge is -2.23. The first-order chi connectivity index (χ1) is 10.2. The molecule has 22 heavy (non-hydrogen) atoms. The Morgan fingerprint density at radius 2 is 1.82 bits per heavy atom. The fraction of sp³-hybridized carbons (Fsp3) is 0.500. The van der Waals surface area contributed by atoms with Crippen LogP contribution in [0, 0.1) is 5.82 Å². The summed E-state index contributed by atoms with van der Waals surface area (Å²) in [6, 6.07) is 1.46. The molecule has 10 heteroatoms. The molecule has 0 aromatic heterocycles. The molecule has 1 N–H and O–H groups in total. The first kappa shape index (κ1) is 19.6. The molecule has 0 aliphatic rings. The molecule has 0 saturated heterocycles. The summed E-state index contributed by atoms with van der Waals surface area (Å²) < 4.78 is 67.2. The highest BCUT2D eigenvalue weighted by atomic mass is 79.9. The molecular weight excluding hydrogens is 392 g/mol. The number of alkyl halides is 2. The summed E-state index contributed by atoms with van der Waals surface area (Å²) in [6.07, 6.45) is -4.13. The van der Waals surface area contributed by atoms with Gasteiger partial charge in [-0.1, -0.05) is 15.9 Å². The van der Waals surface area contributed by atoms with Gasteiger partial charge < -0.3 is 5.11 Å². The lowest BCUT2D eigenvalue weighted by Crippen LogP contribution is -2.20. The Labute approximate surface area is 134 Å². The van der Waals surface area contributed by atoms with Crippen LogP contribution in [-0.2, 0) is 30.9 Å². The molecule has 0 aliphatic carbocycles. The molecule has 1 aromatic carbocycles. The summed E-state index contributed by atoms with van der Waals surface area (Å²) in [7, 11) is -4.50. The Bertz CT molecular complexity index is 560. The van der Waals surface area contributed by atoms with Crippen LogP contribution < -0.4 is 0 Å². The van der Waals surface area contributed by atoms with Crippen LogP contribution in [0.3, 0.4) is 0 Å². The Kier molecular flexibility index (Phi) is 7.04. The van der Waals surface area contributed by atoms with Crippen LogP contribution in [0.5, 0.6) is 0 Å². The third-order valence-electron chi connectivity index (χ3n) is 2.42. The van der Waals surface area contributed by atoms with E-state index < -0.39 is 31.9 Å². The van der Waals surface area contributed by atoms with Crippen molar-refractivity contribution < 1.29 is 36.4 Å². The minimum Gasteiger partial charge on any atom is -0.392 e. The van der Waals surface area contributed by atoms with E-state index in [2.05, 4.69) is 29.5 Å². The van der Waals surface area contributed by atoms with Gasteiger partial charge in [0.05, 0.1) is 25.4 Å². The number of aliphatic hydroxyl groups excluding tert-OH is 1. The van der Waals surface area contributed by atoms with Crippen molar-refractivity contribution in [3.8, 4) is 0 Å². The molecule has 5 nitrogen and oxygen atoms in total. The molecule has 0 heterocycles. The average molecular weight is 407 g/mol. The Hall–Kier alpha value is -0.440. The molecule has 0 saturated carbocycles. The van der Waals surface area contributed by atoms with Crippen molar-refractivity contribution in [2.75, 3.05) is 13.2 Å². The van der Waals surface area contributed by atoms with Gasteiger partial charge in [0, 0.05) is 10.0 Å². The van der Waals surface area contributed by atoms with Crippen LogP contribution >= 0.6 is 23.8 Å². The maximum Gasteiger partial charge on any atom is 0.479 e. The van der Waals surface area contributed by atoms with E-state index in [1.807, 2.05) is 0 Å². The van der Waals surface area contributed by atoms with Gasteiger partial charge in [-0.25, -0.2) is 13.5 Å². The molecule has 0 bridgehead atoms. The third-order valence-corrected chi connectivity index (χ3v) is 4.68. The van der Waals surface area contributed by atoms with E-state index in [9.17, 15) is 17.7 Å². The molecule has 0 amide bonds. The number of hydrogen-bond acceptors (Lipinski definition) is 5. The summed E-state index contributed by atoms with van der Waals surface area (Å²) in [5, 5.41) is 8.90. The fourth-order valence-corrected chi connectivity index (χ4v) is 3.34. The molecule has 0 radical (unpaired) electrons. The summed E-state index contributed by atoms with van der Waals surface area (Å²) in [6.45, 7) is 1.85. The van der Waals surface area contributed by atoms with Crippen LogP contribution in [-0.4, -0.2) is 18.3 Å². The van der Waals surface area contributed by atoms with E-state index in [1.165, 1.54) is 13.8 Å². The second kappa shape index (κ2) is 7.90. The number of aliphatic hydroxyl groups is 1. The number of halogens is 4. The monoisotopic (exact) mass is 406 g/mol. The summed E-state index contributed by atoms with van der Waals surface area (Å²) >= 11 is 2.83. The Morgan fingerprint density at radius 3 is 2.27 bits per heavy atom. The zero-order chi connectivity index (χ0) is 17.0. The van der Waals surface area contributed by atoms with Crippen molar-refractivity contribution in [3.63, 3.8) is 0 Å². The van der Waals surface area contributed by atoms with Crippen molar-refractivity contribution in [2.24, 2.45) is 0 Å². The minimum absolute atomic E-state index is 0.174. The molecule has 0 unspecified atom stereocenters. The van der Waals surface area contributed by atoms with E-state index in [0.29, 0.717) is 6.07 Å². The average Bonchev–Trinajstić information content (AvgIpc) is 2.40. The lowest BCUT2D eigenvalue weighted by atomic mass is 10.1. The normalized spacial score (nSPS) is 12.7. The van der Waals surface area contributed by atoms with Crippen molar-refractivity contribution in [2.45, 2.75) is 26.6 Å². The zero-order valence-electron chi connectivity index (χ0n) is 11.8. The highest BCUT2D eigenvalue weighted by Crippen LogP contribution is 2.56. The number of hydrogen-bond donors (Lipinski definition) is 1. The van der Waals surface area contributed by atoms with Crippen LogP contribution in [0.15, 0.2) is 16.6 Å². The van der Waals surface area contributed by atoms with Gasteiger partial charge >= 0.3 is 13.9 Å². The first-order valence-corrected chi connectivity index (χ1v) is 8.51. The fourth-order valence-electron chi connectivity index (χ4n) is 1.53. The van der Waals surface area contributed by atoms with Gasteiger partial charge in [-0.2, -0.15) is 8.78 Å². The zero-order valence-corrected chi connectivity index (χ0v) is 14.3. The molecular formula is C12H15BrF3O5P. The molecule has 0 aliphatic heterocycles. The lowest BCUT2D eigenvalue weighted by molar-refractivity contribution is -0.200. The van der Waals surface area contributed by atoms with E-state index in [-0.39, 0.29) is 23.2 Å². The summed E-state index contributed by atoms with van der Waals surface area (Å²) in [4.78, 5) is 0. The molecule has 0 spiro atoms. The number of benzene rings is 1. The Morgan fingerprint density at radius 1 is 1.27 bits per heavy atom. The van der Waals surface area contributed by atoms with E-state index >= 15 is 0 Å². The molecule has 126 valence electrons. The number of rotatable bonds is 8. The molecule has 1 rings (SSSR count). The van der Waals surface area contributed by atoms with Crippen LogP contribution in [0.4, 0.5) is 13.2 Å². The van der Waals surface area contributed by atoms with Crippen molar-refractivity contribution in [1.82, 2.24) is 0 Å². The second-order valence-corrected chi connectivity index (χ2v) is 6.42. The third kappa shape index (κ3) is 4.78. The van der Waals surface area contributed by atoms with Gasteiger partial charge in [-0.3, -0.25) is 9.05 Å². The van der Waals surface area contributed by atoms with Crippen molar-refractivity contribution in [3.05, 3.63) is 33.5 Å². The first-order valence-electron chi connectivity index (χ1n) is 6.26. The summed E-state index contributed by atoms with van der Waals surface area (Å²) in [5.41, 5.74) is -1.08. The minimum atomic E-state index is -4.50. The maximum absolute atomic E-state index is 14.2. The van der Waals surface area contributed by atoms with E-state index in [1.54, 1.807) is 0 Å². The highest BCUT2D eigenvalue weighted by molar-refractivity contribution is 9.10. The SMILES string of the molecule is CCOP(=O)(OCC)OC(F)(F)c1cc(F)c(CO)cc1Br. The van der Waals surface area contributed by atoms with E-state index in [0.717, 1.165) is 6.07 Å². The predicted octanol–water partition coefficient (Wildman–Crippen LogP) is 4.33. The van der Waals surface area contributed by atoms with Gasteiger partial charge in [-0.05, 0) is 26.0 Å². The second-order valence-electron chi connectivity index (χ2n) is 3.97. The summed E-state index contributed by atoms with van der Waals surface area (Å²) in [5.74, 6) is -1.05. The quantitative estimate of drug-likeness (QED) is 0.651.